The molecule has 4 N–H and O–H groups in total. The molecular formula is C16H22N4O6S2. The Morgan fingerprint density at radius 1 is 0.893 bits per heavy atom. The van der Waals surface area contributed by atoms with Crippen LogP contribution in [-0.2, 0) is 33.1 Å². The minimum Gasteiger partial charge on any atom is -0.399 e. The molecule has 0 fully saturated rings. The summed E-state index contributed by atoms with van der Waals surface area (Å²) in [6.07, 6.45) is 2.16. The van der Waals surface area contributed by atoms with E-state index >= 15 is 0 Å². The van der Waals surface area contributed by atoms with E-state index in [1.165, 1.54) is 18.2 Å². The average Bonchev–Trinajstić information content (AvgIpc) is 2.58. The monoisotopic (exact) mass is 430 g/mol. The number of sulfonamides is 2. The maximum absolute atomic E-state index is 10.8. The van der Waals surface area contributed by atoms with E-state index in [4.69, 9.17) is 5.73 Å². The number of hydrogen-bond donors (Lipinski definition) is 3. The highest BCUT2D eigenvalue weighted by atomic mass is 32.2. The van der Waals surface area contributed by atoms with Crippen LogP contribution in [-0.4, -0.2) is 34.3 Å². The van der Waals surface area contributed by atoms with Crippen LogP contribution in [0.4, 0.5) is 11.4 Å². The summed E-state index contributed by atoms with van der Waals surface area (Å²) in [5.41, 5.74) is 7.50. The first kappa shape index (κ1) is 23.5. The van der Waals surface area contributed by atoms with Gasteiger partial charge in [-0.1, -0.05) is 24.3 Å². The van der Waals surface area contributed by atoms with Crippen molar-refractivity contribution >= 4 is 31.4 Å². The van der Waals surface area contributed by atoms with Crippen LogP contribution in [0.3, 0.4) is 0 Å². The van der Waals surface area contributed by atoms with Crippen LogP contribution >= 0.6 is 0 Å². The molecule has 12 heteroatoms. The largest absolute Gasteiger partial charge is 0.399 e. The molecule has 2 aromatic rings. The van der Waals surface area contributed by atoms with Gasteiger partial charge in [-0.25, -0.2) is 26.3 Å². The second-order valence-electron chi connectivity index (χ2n) is 5.86. The molecule has 0 bridgehead atoms. The molecule has 0 aliphatic rings. The Hall–Kier alpha value is -2.54. The lowest BCUT2D eigenvalue weighted by molar-refractivity contribution is -0.384. The van der Waals surface area contributed by atoms with E-state index < -0.39 is 25.0 Å². The topological polar surface area (TPSA) is 162 Å². The van der Waals surface area contributed by atoms with Crippen molar-refractivity contribution < 1.29 is 21.8 Å². The van der Waals surface area contributed by atoms with Crippen LogP contribution in [0.15, 0.2) is 48.5 Å². The van der Waals surface area contributed by atoms with Gasteiger partial charge >= 0.3 is 0 Å². The highest BCUT2D eigenvalue weighted by Gasteiger charge is 2.07. The molecule has 10 nitrogen and oxygen atoms in total. The molecule has 0 radical (unpaired) electrons. The summed E-state index contributed by atoms with van der Waals surface area (Å²) < 4.78 is 47.7. The third-order valence-electron chi connectivity index (χ3n) is 3.15. The molecule has 0 unspecified atom stereocenters. The van der Waals surface area contributed by atoms with E-state index in [2.05, 4.69) is 9.44 Å². The van der Waals surface area contributed by atoms with Crippen molar-refractivity contribution in [1.29, 1.82) is 0 Å². The van der Waals surface area contributed by atoms with Crippen LogP contribution in [0, 0.1) is 10.1 Å². The Labute approximate surface area is 164 Å². The number of nitrogen functional groups attached to an aromatic ring is 1. The predicted octanol–water partition coefficient (Wildman–Crippen LogP) is 0.962. The highest BCUT2D eigenvalue weighted by molar-refractivity contribution is 7.88. The van der Waals surface area contributed by atoms with Crippen molar-refractivity contribution in [3.8, 4) is 0 Å². The third kappa shape index (κ3) is 10.6. The van der Waals surface area contributed by atoms with E-state index in [0.29, 0.717) is 11.3 Å². The van der Waals surface area contributed by atoms with Gasteiger partial charge in [-0.05, 0) is 23.3 Å². The van der Waals surface area contributed by atoms with Gasteiger partial charge in [0.15, 0.2) is 0 Å². The molecule has 0 amide bonds. The zero-order chi connectivity index (χ0) is 21.4. The lowest BCUT2D eigenvalue weighted by Crippen LogP contribution is -2.21. The highest BCUT2D eigenvalue weighted by Crippen LogP contribution is 2.12. The van der Waals surface area contributed by atoms with Gasteiger partial charge in [0.1, 0.15) is 0 Å². The van der Waals surface area contributed by atoms with Gasteiger partial charge in [0, 0.05) is 30.9 Å². The number of nitro groups is 1. The minimum absolute atomic E-state index is 0.0530. The Bertz CT molecular complexity index is 1020. The molecule has 2 rings (SSSR count). The fraction of sp³-hybridized carbons (Fsp3) is 0.250. The summed E-state index contributed by atoms with van der Waals surface area (Å²) in [6.45, 7) is 0.338. The molecule has 0 aromatic heterocycles. The second kappa shape index (κ2) is 10.1. The summed E-state index contributed by atoms with van der Waals surface area (Å²) >= 11 is 0. The Kier molecular flexibility index (Phi) is 8.50. The zero-order valence-electron chi connectivity index (χ0n) is 15.3. The number of anilines is 1. The van der Waals surface area contributed by atoms with Crippen LogP contribution < -0.4 is 15.2 Å². The Morgan fingerprint density at radius 2 is 1.36 bits per heavy atom. The minimum atomic E-state index is -3.28. The lowest BCUT2D eigenvalue weighted by atomic mass is 10.2. The molecule has 28 heavy (non-hydrogen) atoms. The molecule has 0 atom stereocenters. The smallest absolute Gasteiger partial charge is 0.269 e. The summed E-state index contributed by atoms with van der Waals surface area (Å²) in [4.78, 5) is 9.90. The van der Waals surface area contributed by atoms with Crippen molar-refractivity contribution in [2.45, 2.75) is 13.1 Å². The van der Waals surface area contributed by atoms with Gasteiger partial charge in [-0.15, -0.1) is 0 Å². The van der Waals surface area contributed by atoms with Gasteiger partial charge in [0.2, 0.25) is 20.0 Å². The summed E-state index contributed by atoms with van der Waals surface area (Å²) in [6, 6.07) is 12.9. The van der Waals surface area contributed by atoms with Gasteiger partial charge < -0.3 is 5.73 Å². The normalized spacial score (nSPS) is 11.4. The lowest BCUT2D eigenvalue weighted by Gasteiger charge is -2.02. The molecule has 154 valence electrons. The molecule has 2 aromatic carbocycles. The third-order valence-corrected chi connectivity index (χ3v) is 4.49. The van der Waals surface area contributed by atoms with Gasteiger partial charge in [0.25, 0.3) is 5.69 Å². The second-order valence-corrected chi connectivity index (χ2v) is 9.52. The average molecular weight is 431 g/mol. The van der Waals surface area contributed by atoms with E-state index in [9.17, 15) is 26.9 Å². The maximum Gasteiger partial charge on any atom is 0.269 e. The van der Waals surface area contributed by atoms with E-state index in [1.54, 1.807) is 24.3 Å². The van der Waals surface area contributed by atoms with E-state index in [0.717, 1.165) is 18.1 Å². The molecule has 0 saturated heterocycles. The standard InChI is InChI=1S/C8H10N2O4S.C8H12N2O2S/c1-15(13,14)9-6-7-3-2-4-8(5-7)10(11)12;1-13(11,12)10-6-7-3-2-4-8(9)5-7/h2-5,9H,6H2,1H3;2-5,10H,6,9H2,1H3. The fourth-order valence-corrected chi connectivity index (χ4v) is 2.77. The zero-order valence-corrected chi connectivity index (χ0v) is 17.0. The Balaban J connectivity index is 0.000000283. The van der Waals surface area contributed by atoms with Crippen molar-refractivity contribution in [2.24, 2.45) is 0 Å². The number of hydrogen-bond acceptors (Lipinski definition) is 7. The molecule has 0 aliphatic heterocycles. The number of non-ortho nitro benzene ring substituents is 1. The number of nitrogens with two attached hydrogens (primary N) is 1. The molecular weight excluding hydrogens is 408 g/mol. The van der Waals surface area contributed by atoms with Crippen molar-refractivity contribution in [3.63, 3.8) is 0 Å². The predicted molar refractivity (Wildman–Crippen MR) is 107 cm³/mol. The van der Waals surface area contributed by atoms with Crippen LogP contribution in [0.2, 0.25) is 0 Å². The summed E-state index contributed by atoms with van der Waals surface area (Å²) in [5, 5.41) is 10.4. The number of nitrogens with zero attached hydrogens (tertiary/aromatic N) is 1. The molecule has 0 aliphatic carbocycles. The first-order valence-electron chi connectivity index (χ1n) is 7.83. The first-order chi connectivity index (χ1) is 12.9. The van der Waals surface area contributed by atoms with Crippen molar-refractivity contribution in [2.75, 3.05) is 18.2 Å². The molecule has 0 spiro atoms. The van der Waals surface area contributed by atoms with Crippen LogP contribution in [0.1, 0.15) is 11.1 Å². The Morgan fingerprint density at radius 3 is 1.79 bits per heavy atom. The molecule has 0 heterocycles. The SMILES string of the molecule is CS(=O)(=O)NCc1cccc(N)c1.CS(=O)(=O)NCc1cccc([N+](=O)[O-])c1. The number of rotatable bonds is 7. The molecule has 0 saturated carbocycles. The maximum atomic E-state index is 10.8. The quantitative estimate of drug-likeness (QED) is 0.335. The number of nitro benzene ring substituents is 1. The van der Waals surface area contributed by atoms with Gasteiger partial charge in [-0.3, -0.25) is 10.1 Å². The first-order valence-corrected chi connectivity index (χ1v) is 11.6. The van der Waals surface area contributed by atoms with Crippen molar-refractivity contribution in [1.82, 2.24) is 9.44 Å². The van der Waals surface area contributed by atoms with Crippen LogP contribution in [0.25, 0.3) is 0 Å². The van der Waals surface area contributed by atoms with Gasteiger partial charge in [0.05, 0.1) is 17.4 Å². The summed E-state index contributed by atoms with van der Waals surface area (Å²) in [5.74, 6) is 0. The number of nitrogens with one attached hydrogen (secondary N) is 2. The van der Waals surface area contributed by atoms with E-state index in [1.807, 2.05) is 6.07 Å². The van der Waals surface area contributed by atoms with Crippen LogP contribution in [0.5, 0.6) is 0 Å². The summed E-state index contributed by atoms with van der Waals surface area (Å²) in [7, 11) is -6.40. The fourth-order valence-electron chi connectivity index (χ4n) is 1.91. The van der Waals surface area contributed by atoms with Gasteiger partial charge in [-0.2, -0.15) is 0 Å². The number of benzene rings is 2. The van der Waals surface area contributed by atoms with E-state index in [-0.39, 0.29) is 18.8 Å². The van der Waals surface area contributed by atoms with Crippen molar-refractivity contribution in [3.05, 3.63) is 69.8 Å².